The molecule has 1 N–H and O–H groups in total. The Morgan fingerprint density at radius 1 is 1.13 bits per heavy atom. The van der Waals surface area contributed by atoms with E-state index in [-0.39, 0.29) is 41.7 Å². The second-order valence-corrected chi connectivity index (χ2v) is 8.95. The van der Waals surface area contributed by atoms with Crippen LogP contribution >= 0.6 is 23.2 Å². The van der Waals surface area contributed by atoms with Crippen LogP contribution in [0.5, 0.6) is 0 Å². The van der Waals surface area contributed by atoms with Gasteiger partial charge in [-0.3, -0.25) is 9.80 Å². The number of rotatable bonds is 4. The highest BCUT2D eigenvalue weighted by Gasteiger charge is 2.36. The molecule has 166 valence electrons. The average Bonchev–Trinajstić information content (AvgIpc) is 3.14. The Kier molecular flexibility index (Phi) is 7.83. The smallest absolute Gasteiger partial charge is 0.312 e. The van der Waals surface area contributed by atoms with Crippen LogP contribution in [0.15, 0.2) is 47.6 Å². The quantitative estimate of drug-likeness (QED) is 0.448. The number of hydrazone groups is 1. The maximum atomic E-state index is 13.5. The molecule has 2 aromatic rings. The third-order valence-electron chi connectivity index (χ3n) is 5.76. The molecule has 2 heterocycles. The van der Waals surface area contributed by atoms with E-state index >= 15 is 0 Å². The van der Waals surface area contributed by atoms with Crippen molar-refractivity contribution in [2.24, 2.45) is 5.10 Å². The molecule has 2 aromatic carbocycles. The number of nitrogens with one attached hydrogen (secondary N) is 1. The van der Waals surface area contributed by atoms with Crippen molar-refractivity contribution in [3.05, 3.63) is 63.9 Å². The van der Waals surface area contributed by atoms with Gasteiger partial charge in [-0.2, -0.15) is 10.5 Å². The third kappa shape index (κ3) is 5.50. The molecule has 2 aliphatic heterocycles. The molecule has 1 unspecified atom stereocenters. The molecule has 1 atom stereocenters. The van der Waals surface area contributed by atoms with E-state index in [2.05, 4.69) is 10.5 Å². The fourth-order valence-electron chi connectivity index (χ4n) is 4.11. The van der Waals surface area contributed by atoms with Crippen molar-refractivity contribution in [3.63, 3.8) is 0 Å². The summed E-state index contributed by atoms with van der Waals surface area (Å²) >= 11 is 12.5. The van der Waals surface area contributed by atoms with Gasteiger partial charge in [0.1, 0.15) is 24.6 Å². The van der Waals surface area contributed by atoms with E-state index in [9.17, 15) is 9.18 Å². The van der Waals surface area contributed by atoms with Crippen LogP contribution in [-0.2, 0) is 4.79 Å². The van der Waals surface area contributed by atoms with Gasteiger partial charge < -0.3 is 24.0 Å². The number of nitrogens with zero attached hydrogens (tertiary/aromatic N) is 3. The molecule has 0 spiro atoms. The zero-order chi connectivity index (χ0) is 21.3. The van der Waals surface area contributed by atoms with Gasteiger partial charge in [-0.05, 0) is 55.2 Å². The number of piperidine rings is 1. The van der Waals surface area contributed by atoms with E-state index in [1.165, 1.54) is 18.6 Å². The Morgan fingerprint density at radius 2 is 1.81 bits per heavy atom. The molecule has 1 fully saturated rings. The van der Waals surface area contributed by atoms with Crippen LogP contribution < -0.4 is 34.4 Å². The molecule has 1 amide bonds. The van der Waals surface area contributed by atoms with Gasteiger partial charge in [-0.25, -0.2) is 8.98 Å². The number of halogens is 4. The highest BCUT2D eigenvalue weighted by molar-refractivity contribution is 6.40. The van der Waals surface area contributed by atoms with Gasteiger partial charge in [0.25, 0.3) is 0 Å². The molecule has 1 saturated heterocycles. The number of carbonyl (C=O) groups excluding carboxylic acids is 1. The molecule has 5 nitrogen and oxygen atoms in total. The number of benzene rings is 2. The molecule has 2 aliphatic rings. The van der Waals surface area contributed by atoms with Gasteiger partial charge in [0.05, 0.1) is 23.8 Å². The minimum absolute atomic E-state index is 0. The molecule has 9 heteroatoms. The number of carbonyl (C=O) groups is 1. The van der Waals surface area contributed by atoms with Crippen molar-refractivity contribution in [3.8, 4) is 0 Å². The summed E-state index contributed by atoms with van der Waals surface area (Å²) in [7, 11) is 2.04. The summed E-state index contributed by atoms with van der Waals surface area (Å²) in [4.78, 5) is 13.1. The van der Waals surface area contributed by atoms with Gasteiger partial charge in [-0.1, -0.05) is 35.3 Å². The zero-order valence-corrected chi connectivity index (χ0v) is 20.8. The van der Waals surface area contributed by atoms with E-state index in [1.54, 1.807) is 35.3 Å². The highest BCUT2D eigenvalue weighted by Crippen LogP contribution is 2.39. The fraction of sp³-hybridized carbons (Fsp3) is 0.364. The van der Waals surface area contributed by atoms with Crippen molar-refractivity contribution in [1.82, 2.24) is 5.43 Å². The minimum Gasteiger partial charge on any atom is -1.00 e. The van der Waals surface area contributed by atoms with E-state index in [4.69, 9.17) is 23.2 Å². The van der Waals surface area contributed by atoms with E-state index in [0.29, 0.717) is 32.5 Å². The Bertz CT molecular complexity index is 980. The standard InChI is InChI=1S/C22H23Cl2FN4O.HI/c1-29(11-3-2-4-12-29)27-22(30)19-14-21(15-5-8-17(25)9-6-15)28(26-19)20-10-7-16(23)13-18(20)24;/h5-10,13,21H,2-4,11-12,14H2,1H3;1H. The van der Waals surface area contributed by atoms with E-state index < -0.39 is 0 Å². The predicted molar refractivity (Wildman–Crippen MR) is 118 cm³/mol. The van der Waals surface area contributed by atoms with Gasteiger partial charge in [0.15, 0.2) is 0 Å². The van der Waals surface area contributed by atoms with Crippen LogP contribution in [0, 0.1) is 5.82 Å². The van der Waals surface area contributed by atoms with Crippen LogP contribution in [0.1, 0.15) is 37.3 Å². The Morgan fingerprint density at radius 3 is 2.45 bits per heavy atom. The average molecular weight is 577 g/mol. The first-order valence-electron chi connectivity index (χ1n) is 10.1. The molecule has 4 rings (SSSR count). The van der Waals surface area contributed by atoms with E-state index in [1.807, 2.05) is 7.05 Å². The Hall–Kier alpha value is -1.42. The lowest BCUT2D eigenvalue weighted by Gasteiger charge is -2.36. The lowest BCUT2D eigenvalue weighted by Crippen LogP contribution is -3.00. The SMILES string of the molecule is C[N+]1(NC(=O)C2=NN(c3ccc(Cl)cc3Cl)C(c3ccc(F)cc3)C2)CCCCC1.[I-]. The summed E-state index contributed by atoms with van der Waals surface area (Å²) in [5, 5.41) is 7.32. The molecule has 0 saturated carbocycles. The summed E-state index contributed by atoms with van der Waals surface area (Å²) < 4.78 is 14.0. The van der Waals surface area contributed by atoms with E-state index in [0.717, 1.165) is 31.5 Å². The molecular weight excluding hydrogens is 553 g/mol. The van der Waals surface area contributed by atoms with Gasteiger partial charge in [0.2, 0.25) is 0 Å². The van der Waals surface area contributed by atoms with Crippen LogP contribution in [0.25, 0.3) is 0 Å². The normalized spacial score (nSPS) is 20.1. The lowest BCUT2D eigenvalue weighted by atomic mass is 10.0. The minimum atomic E-state index is -0.311. The molecule has 0 radical (unpaired) electrons. The zero-order valence-electron chi connectivity index (χ0n) is 17.1. The summed E-state index contributed by atoms with van der Waals surface area (Å²) in [6.45, 7) is 1.82. The maximum absolute atomic E-state index is 13.5. The highest BCUT2D eigenvalue weighted by atomic mass is 127. The first-order chi connectivity index (χ1) is 14.3. The summed E-state index contributed by atoms with van der Waals surface area (Å²) in [5.41, 5.74) is 5.08. The topological polar surface area (TPSA) is 44.7 Å². The predicted octanol–water partition coefficient (Wildman–Crippen LogP) is 2.11. The maximum Gasteiger partial charge on any atom is 0.312 e. The molecule has 31 heavy (non-hydrogen) atoms. The number of amides is 1. The van der Waals surface area contributed by atoms with Crippen molar-refractivity contribution in [2.75, 3.05) is 25.1 Å². The van der Waals surface area contributed by atoms with Crippen molar-refractivity contribution in [2.45, 2.75) is 31.7 Å². The fourth-order valence-corrected chi connectivity index (χ4v) is 4.61. The largest absolute Gasteiger partial charge is 1.00 e. The monoisotopic (exact) mass is 576 g/mol. The van der Waals surface area contributed by atoms with Crippen LogP contribution in [0.4, 0.5) is 10.1 Å². The third-order valence-corrected chi connectivity index (χ3v) is 6.30. The van der Waals surface area contributed by atoms with Crippen LogP contribution in [0.3, 0.4) is 0 Å². The number of quaternary nitrogens is 1. The summed E-state index contributed by atoms with van der Waals surface area (Å²) in [5.74, 6) is -0.492. The first-order valence-corrected chi connectivity index (χ1v) is 10.8. The second-order valence-electron chi connectivity index (χ2n) is 8.10. The molecule has 0 bridgehead atoms. The van der Waals surface area contributed by atoms with Gasteiger partial charge in [-0.15, -0.1) is 0 Å². The first kappa shape index (κ1) is 24.2. The van der Waals surface area contributed by atoms with Crippen LogP contribution in [-0.4, -0.2) is 36.3 Å². The Balaban J connectivity index is 0.00000272. The van der Waals surface area contributed by atoms with Crippen molar-refractivity contribution in [1.29, 1.82) is 0 Å². The molecule has 0 aliphatic carbocycles. The molecular formula is C22H24Cl2FIN4O. The van der Waals surface area contributed by atoms with Crippen molar-refractivity contribution < 1.29 is 37.8 Å². The number of hydrogen-bond acceptors (Lipinski definition) is 3. The lowest BCUT2D eigenvalue weighted by molar-refractivity contribution is -0.947. The van der Waals surface area contributed by atoms with Crippen LogP contribution in [0.2, 0.25) is 10.0 Å². The second kappa shape index (κ2) is 10.0. The summed E-state index contributed by atoms with van der Waals surface area (Å²) in [6, 6.07) is 11.1. The number of anilines is 1. The summed E-state index contributed by atoms with van der Waals surface area (Å²) in [6.07, 6.45) is 3.78. The van der Waals surface area contributed by atoms with Gasteiger partial charge in [0, 0.05) is 11.4 Å². The number of likely N-dealkylation sites (tertiary alicyclic amines) is 1. The van der Waals surface area contributed by atoms with Gasteiger partial charge >= 0.3 is 5.91 Å². The Labute approximate surface area is 208 Å². The van der Waals surface area contributed by atoms with Crippen molar-refractivity contribution >= 4 is 40.5 Å². The molecule has 0 aromatic heterocycles. The number of hydrogen-bond donors (Lipinski definition) is 1.